The van der Waals surface area contributed by atoms with E-state index in [1.165, 1.54) is 0 Å². The molecule has 0 spiro atoms. The molecule has 1 aliphatic heterocycles. The number of aromatic nitrogens is 4. The Hall–Kier alpha value is -3.35. The minimum atomic E-state index is -0.0499. The van der Waals surface area contributed by atoms with Crippen LogP contribution in [0.15, 0.2) is 48.8 Å². The van der Waals surface area contributed by atoms with Crippen LogP contribution >= 0.6 is 0 Å². The van der Waals surface area contributed by atoms with E-state index < -0.39 is 0 Å². The third-order valence-electron chi connectivity index (χ3n) is 5.13. The predicted molar refractivity (Wildman–Crippen MR) is 113 cm³/mol. The van der Waals surface area contributed by atoms with Crippen molar-refractivity contribution in [2.75, 3.05) is 23.3 Å². The van der Waals surface area contributed by atoms with Crippen LogP contribution < -0.4 is 10.2 Å². The smallest absolute Gasteiger partial charge is 0.229 e. The van der Waals surface area contributed by atoms with Crippen molar-refractivity contribution in [3.8, 4) is 11.3 Å². The molecule has 148 valence electrons. The van der Waals surface area contributed by atoms with Crippen molar-refractivity contribution in [1.29, 1.82) is 0 Å². The number of hydrogen-bond acceptors (Lipinski definition) is 6. The molecular weight excluding hydrogens is 364 g/mol. The first-order valence-corrected chi connectivity index (χ1v) is 9.84. The van der Waals surface area contributed by atoms with Crippen LogP contribution in [0.1, 0.15) is 24.2 Å². The van der Waals surface area contributed by atoms with Gasteiger partial charge in [-0.05, 0) is 32.8 Å². The second kappa shape index (κ2) is 8.34. The lowest BCUT2D eigenvalue weighted by Gasteiger charge is -2.32. The minimum Gasteiger partial charge on any atom is -0.356 e. The summed E-state index contributed by atoms with van der Waals surface area (Å²) in [7, 11) is 0. The summed E-state index contributed by atoms with van der Waals surface area (Å²) in [4.78, 5) is 32.3. The third kappa shape index (κ3) is 4.56. The molecule has 3 aromatic rings. The van der Waals surface area contributed by atoms with Gasteiger partial charge in [-0.15, -0.1) is 0 Å². The molecule has 4 rings (SSSR count). The maximum atomic E-state index is 12.6. The van der Waals surface area contributed by atoms with E-state index >= 15 is 0 Å². The summed E-state index contributed by atoms with van der Waals surface area (Å²) in [6, 6.07) is 14.0. The summed E-state index contributed by atoms with van der Waals surface area (Å²) in [5.41, 5.74) is 3.67. The third-order valence-corrected chi connectivity index (χ3v) is 5.13. The zero-order valence-electron chi connectivity index (χ0n) is 16.7. The number of nitrogens with zero attached hydrogens (tertiary/aromatic N) is 5. The van der Waals surface area contributed by atoms with Crippen LogP contribution in [0.25, 0.3) is 11.3 Å². The zero-order chi connectivity index (χ0) is 20.2. The Morgan fingerprint density at radius 3 is 2.38 bits per heavy atom. The van der Waals surface area contributed by atoms with Crippen molar-refractivity contribution in [2.45, 2.75) is 26.7 Å². The zero-order valence-corrected chi connectivity index (χ0v) is 16.7. The standard InChI is InChI=1S/C22H24N6O/c1-15-12-16(2)26-22(25-15)27-21(29)18-8-10-28(11-9-18)20-13-19(23-14-24-20)17-6-4-3-5-7-17/h3-7,12-14,18H,8-11H2,1-2H3,(H,25,26,27,29). The fraction of sp³-hybridized carbons (Fsp3) is 0.318. The minimum absolute atomic E-state index is 0.0117. The van der Waals surface area contributed by atoms with E-state index in [9.17, 15) is 4.79 Å². The number of anilines is 2. The fourth-order valence-electron chi connectivity index (χ4n) is 3.65. The van der Waals surface area contributed by atoms with E-state index in [2.05, 4.69) is 30.2 Å². The van der Waals surface area contributed by atoms with Crippen LogP contribution in [0.3, 0.4) is 0 Å². The quantitative estimate of drug-likeness (QED) is 0.737. The number of carbonyl (C=O) groups excluding carboxylic acids is 1. The van der Waals surface area contributed by atoms with Gasteiger partial charge in [0.1, 0.15) is 12.1 Å². The Morgan fingerprint density at radius 1 is 1.00 bits per heavy atom. The molecule has 7 heteroatoms. The highest BCUT2D eigenvalue weighted by molar-refractivity contribution is 5.91. The molecule has 7 nitrogen and oxygen atoms in total. The van der Waals surface area contributed by atoms with Gasteiger partial charge in [0.15, 0.2) is 0 Å². The highest BCUT2D eigenvalue weighted by Gasteiger charge is 2.26. The molecule has 0 saturated carbocycles. The highest BCUT2D eigenvalue weighted by atomic mass is 16.2. The number of benzene rings is 1. The molecule has 3 heterocycles. The summed E-state index contributed by atoms with van der Waals surface area (Å²) >= 11 is 0. The molecule has 0 bridgehead atoms. The maximum absolute atomic E-state index is 12.6. The molecule has 1 aromatic carbocycles. The second-order valence-corrected chi connectivity index (χ2v) is 7.35. The van der Waals surface area contributed by atoms with Crippen molar-refractivity contribution in [3.05, 3.63) is 60.2 Å². The fourth-order valence-corrected chi connectivity index (χ4v) is 3.65. The van der Waals surface area contributed by atoms with Crippen molar-refractivity contribution in [2.24, 2.45) is 5.92 Å². The molecular formula is C22H24N6O. The molecule has 1 amide bonds. The Labute approximate surface area is 170 Å². The van der Waals surface area contributed by atoms with Crippen molar-refractivity contribution >= 4 is 17.7 Å². The maximum Gasteiger partial charge on any atom is 0.229 e. The highest BCUT2D eigenvalue weighted by Crippen LogP contribution is 2.25. The summed E-state index contributed by atoms with van der Waals surface area (Å²) in [5.74, 6) is 1.22. The normalized spacial score (nSPS) is 14.6. The van der Waals surface area contributed by atoms with Gasteiger partial charge in [-0.25, -0.2) is 19.9 Å². The van der Waals surface area contributed by atoms with Crippen LogP contribution in [0.5, 0.6) is 0 Å². The lowest BCUT2D eigenvalue weighted by atomic mass is 9.96. The first-order chi connectivity index (χ1) is 14.1. The van der Waals surface area contributed by atoms with Gasteiger partial charge in [-0.3, -0.25) is 10.1 Å². The van der Waals surface area contributed by atoms with Crippen LogP contribution in [-0.4, -0.2) is 38.9 Å². The Kier molecular flexibility index (Phi) is 5.46. The summed E-state index contributed by atoms with van der Waals surface area (Å²) in [6.45, 7) is 5.34. The van der Waals surface area contributed by atoms with Gasteiger partial charge in [0.25, 0.3) is 0 Å². The van der Waals surface area contributed by atoms with E-state index in [4.69, 9.17) is 0 Å². The number of aryl methyl sites for hydroxylation is 2. The number of nitrogens with one attached hydrogen (secondary N) is 1. The van der Waals surface area contributed by atoms with Crippen LogP contribution in [0.2, 0.25) is 0 Å². The molecule has 0 atom stereocenters. The molecule has 1 aliphatic rings. The number of piperidine rings is 1. The van der Waals surface area contributed by atoms with Gasteiger partial charge in [-0.2, -0.15) is 0 Å². The second-order valence-electron chi connectivity index (χ2n) is 7.35. The topological polar surface area (TPSA) is 83.9 Å². The van der Waals surface area contributed by atoms with Crippen molar-refractivity contribution < 1.29 is 4.79 Å². The lowest BCUT2D eigenvalue weighted by molar-refractivity contribution is -0.120. The predicted octanol–water partition coefficient (Wildman–Crippen LogP) is 3.41. The number of hydrogen-bond donors (Lipinski definition) is 1. The van der Waals surface area contributed by atoms with Gasteiger partial charge >= 0.3 is 0 Å². The Balaban J connectivity index is 1.39. The first kappa shape index (κ1) is 19.0. The summed E-state index contributed by atoms with van der Waals surface area (Å²) in [6.07, 6.45) is 3.14. The number of amides is 1. The average molecular weight is 388 g/mol. The van der Waals surface area contributed by atoms with Gasteiger partial charge in [-0.1, -0.05) is 30.3 Å². The van der Waals surface area contributed by atoms with E-state index in [0.717, 1.165) is 54.4 Å². The monoisotopic (exact) mass is 388 g/mol. The largest absolute Gasteiger partial charge is 0.356 e. The van der Waals surface area contributed by atoms with Crippen molar-refractivity contribution in [1.82, 2.24) is 19.9 Å². The van der Waals surface area contributed by atoms with E-state index in [1.54, 1.807) is 6.33 Å². The number of carbonyl (C=O) groups is 1. The molecule has 1 saturated heterocycles. The molecule has 1 N–H and O–H groups in total. The van der Waals surface area contributed by atoms with Gasteiger partial charge < -0.3 is 4.90 Å². The summed E-state index contributed by atoms with van der Waals surface area (Å²) < 4.78 is 0. The molecule has 0 aliphatic carbocycles. The molecule has 29 heavy (non-hydrogen) atoms. The van der Waals surface area contributed by atoms with E-state index in [0.29, 0.717) is 5.95 Å². The van der Waals surface area contributed by atoms with Crippen LogP contribution in [0.4, 0.5) is 11.8 Å². The lowest BCUT2D eigenvalue weighted by Crippen LogP contribution is -2.38. The first-order valence-electron chi connectivity index (χ1n) is 9.84. The Bertz CT molecular complexity index is 979. The van der Waals surface area contributed by atoms with Crippen LogP contribution in [-0.2, 0) is 4.79 Å². The Morgan fingerprint density at radius 2 is 1.69 bits per heavy atom. The summed E-state index contributed by atoms with van der Waals surface area (Å²) in [5, 5.41) is 2.87. The molecule has 0 radical (unpaired) electrons. The van der Waals surface area contributed by atoms with Gasteiger partial charge in [0, 0.05) is 42.0 Å². The van der Waals surface area contributed by atoms with Crippen LogP contribution in [0, 0.1) is 19.8 Å². The molecule has 0 unspecified atom stereocenters. The van der Waals surface area contributed by atoms with Crippen molar-refractivity contribution in [3.63, 3.8) is 0 Å². The average Bonchev–Trinajstić information content (AvgIpc) is 2.74. The van der Waals surface area contributed by atoms with E-state index in [-0.39, 0.29) is 11.8 Å². The SMILES string of the molecule is Cc1cc(C)nc(NC(=O)C2CCN(c3cc(-c4ccccc4)ncn3)CC2)n1. The molecule has 2 aromatic heterocycles. The van der Waals surface area contributed by atoms with E-state index in [1.807, 2.05) is 56.3 Å². The van der Waals surface area contributed by atoms with Gasteiger partial charge in [0.2, 0.25) is 11.9 Å². The molecule has 1 fully saturated rings. The number of rotatable bonds is 4. The van der Waals surface area contributed by atoms with Gasteiger partial charge in [0.05, 0.1) is 5.69 Å².